The molecule has 4 heteroatoms. The number of fused-ring (bicyclic) bond motifs is 1. The van der Waals surface area contributed by atoms with Crippen molar-refractivity contribution in [3.05, 3.63) is 29.8 Å². The number of hydrogen-bond acceptors (Lipinski definition) is 3. The highest BCUT2D eigenvalue weighted by atomic mass is 32.2. The van der Waals surface area contributed by atoms with Gasteiger partial charge in [-0.3, -0.25) is 4.79 Å². The maximum atomic E-state index is 12.0. The van der Waals surface area contributed by atoms with Crippen LogP contribution in [0.1, 0.15) is 38.8 Å². The van der Waals surface area contributed by atoms with Crippen molar-refractivity contribution in [2.75, 3.05) is 12.3 Å². The first kappa shape index (κ1) is 14.4. The molecule has 1 amide bonds. The standard InChI is InChI=1S/C15H22N2OS/c1-15(2,3)16-10-14(18)17-12-8-9-19-13-7-5-4-6-11(12)13/h4-7,12,16H,8-10H2,1-3H3,(H,17,18). The molecule has 1 atom stereocenters. The molecule has 1 heterocycles. The normalized spacial score (nSPS) is 18.8. The highest BCUT2D eigenvalue weighted by molar-refractivity contribution is 7.99. The number of amides is 1. The van der Waals surface area contributed by atoms with Crippen molar-refractivity contribution in [2.24, 2.45) is 0 Å². The van der Waals surface area contributed by atoms with E-state index in [9.17, 15) is 4.79 Å². The average Bonchev–Trinajstić information content (AvgIpc) is 2.36. The zero-order chi connectivity index (χ0) is 13.9. The molecule has 1 aromatic rings. The monoisotopic (exact) mass is 278 g/mol. The summed E-state index contributed by atoms with van der Waals surface area (Å²) in [4.78, 5) is 13.3. The Morgan fingerprint density at radius 3 is 2.84 bits per heavy atom. The van der Waals surface area contributed by atoms with Crippen LogP contribution in [-0.2, 0) is 4.79 Å². The molecular weight excluding hydrogens is 256 g/mol. The molecule has 19 heavy (non-hydrogen) atoms. The fourth-order valence-electron chi connectivity index (χ4n) is 2.08. The summed E-state index contributed by atoms with van der Waals surface area (Å²) in [5, 5.41) is 6.35. The minimum atomic E-state index is -0.0301. The van der Waals surface area contributed by atoms with E-state index in [0.717, 1.165) is 12.2 Å². The van der Waals surface area contributed by atoms with Gasteiger partial charge in [0.25, 0.3) is 0 Å². The van der Waals surface area contributed by atoms with Gasteiger partial charge >= 0.3 is 0 Å². The molecular formula is C15H22N2OS. The second kappa shape index (κ2) is 5.97. The van der Waals surface area contributed by atoms with Crippen molar-refractivity contribution in [3.8, 4) is 0 Å². The molecule has 0 aliphatic carbocycles. The Balaban J connectivity index is 1.95. The quantitative estimate of drug-likeness (QED) is 0.893. The van der Waals surface area contributed by atoms with E-state index in [4.69, 9.17) is 0 Å². The van der Waals surface area contributed by atoms with E-state index in [1.807, 2.05) is 17.8 Å². The Morgan fingerprint density at radius 1 is 1.37 bits per heavy atom. The smallest absolute Gasteiger partial charge is 0.234 e. The first-order valence-electron chi connectivity index (χ1n) is 6.72. The molecule has 2 rings (SSSR count). The highest BCUT2D eigenvalue weighted by Gasteiger charge is 2.22. The zero-order valence-electron chi connectivity index (χ0n) is 11.8. The summed E-state index contributed by atoms with van der Waals surface area (Å²) in [5.41, 5.74) is 1.22. The molecule has 0 spiro atoms. The van der Waals surface area contributed by atoms with Crippen molar-refractivity contribution in [1.29, 1.82) is 0 Å². The van der Waals surface area contributed by atoms with E-state index in [-0.39, 0.29) is 17.5 Å². The highest BCUT2D eigenvalue weighted by Crippen LogP contribution is 2.35. The number of thioether (sulfide) groups is 1. The lowest BCUT2D eigenvalue weighted by molar-refractivity contribution is -0.121. The van der Waals surface area contributed by atoms with Crippen LogP contribution >= 0.6 is 11.8 Å². The van der Waals surface area contributed by atoms with Crippen LogP contribution in [0.15, 0.2) is 29.2 Å². The first-order valence-corrected chi connectivity index (χ1v) is 7.70. The predicted molar refractivity (Wildman–Crippen MR) is 80.4 cm³/mol. The van der Waals surface area contributed by atoms with Gasteiger partial charge in [-0.2, -0.15) is 0 Å². The van der Waals surface area contributed by atoms with Crippen LogP contribution in [0.3, 0.4) is 0 Å². The second-order valence-corrected chi connectivity index (χ2v) is 7.04. The number of carbonyl (C=O) groups excluding carboxylic acids is 1. The van der Waals surface area contributed by atoms with Gasteiger partial charge < -0.3 is 10.6 Å². The van der Waals surface area contributed by atoms with Crippen LogP contribution in [0, 0.1) is 0 Å². The summed E-state index contributed by atoms with van der Waals surface area (Å²) in [6.45, 7) is 6.56. The largest absolute Gasteiger partial charge is 0.348 e. The SMILES string of the molecule is CC(C)(C)NCC(=O)NC1CCSc2ccccc21. The topological polar surface area (TPSA) is 41.1 Å². The average molecular weight is 278 g/mol. The Hall–Kier alpha value is -1.00. The van der Waals surface area contributed by atoms with E-state index in [1.165, 1.54) is 10.5 Å². The molecule has 1 aliphatic rings. The van der Waals surface area contributed by atoms with Crippen molar-refractivity contribution in [3.63, 3.8) is 0 Å². The molecule has 1 aromatic carbocycles. The molecule has 1 unspecified atom stereocenters. The van der Waals surface area contributed by atoms with Gasteiger partial charge in [-0.1, -0.05) is 18.2 Å². The van der Waals surface area contributed by atoms with Crippen molar-refractivity contribution < 1.29 is 4.79 Å². The molecule has 3 nitrogen and oxygen atoms in total. The molecule has 0 fully saturated rings. The summed E-state index contributed by atoms with van der Waals surface area (Å²) in [7, 11) is 0. The van der Waals surface area contributed by atoms with E-state index in [2.05, 4.69) is 49.6 Å². The Labute approximate surface area is 119 Å². The third-order valence-electron chi connectivity index (χ3n) is 3.07. The number of carbonyl (C=O) groups is 1. The molecule has 0 radical (unpaired) electrons. The summed E-state index contributed by atoms with van der Waals surface area (Å²) < 4.78 is 0. The zero-order valence-corrected chi connectivity index (χ0v) is 12.6. The second-order valence-electron chi connectivity index (χ2n) is 5.90. The van der Waals surface area contributed by atoms with Gasteiger partial charge in [-0.25, -0.2) is 0 Å². The van der Waals surface area contributed by atoms with Crippen molar-refractivity contribution in [2.45, 2.75) is 43.7 Å². The lowest BCUT2D eigenvalue weighted by Crippen LogP contribution is -2.44. The van der Waals surface area contributed by atoms with E-state index >= 15 is 0 Å². The Bertz CT molecular complexity index is 454. The summed E-state index contributed by atoms with van der Waals surface area (Å²) in [6, 6.07) is 8.50. The third-order valence-corrected chi connectivity index (χ3v) is 4.20. The maximum Gasteiger partial charge on any atom is 0.234 e. The van der Waals surface area contributed by atoms with E-state index in [0.29, 0.717) is 6.54 Å². The van der Waals surface area contributed by atoms with Gasteiger partial charge in [0, 0.05) is 16.2 Å². The summed E-state index contributed by atoms with van der Waals surface area (Å²) in [6.07, 6.45) is 1.00. The van der Waals surface area contributed by atoms with Crippen LogP contribution in [0.5, 0.6) is 0 Å². The van der Waals surface area contributed by atoms with Gasteiger partial charge in [0.05, 0.1) is 12.6 Å². The number of benzene rings is 1. The molecule has 0 saturated heterocycles. The molecule has 0 bridgehead atoms. The fourth-order valence-corrected chi connectivity index (χ4v) is 3.21. The molecule has 0 saturated carbocycles. The van der Waals surface area contributed by atoms with Crippen molar-refractivity contribution >= 4 is 17.7 Å². The summed E-state index contributed by atoms with van der Waals surface area (Å²) in [5.74, 6) is 1.14. The number of hydrogen-bond donors (Lipinski definition) is 2. The van der Waals surface area contributed by atoms with Gasteiger partial charge in [0.15, 0.2) is 0 Å². The van der Waals surface area contributed by atoms with Crippen LogP contribution in [-0.4, -0.2) is 23.7 Å². The minimum Gasteiger partial charge on any atom is -0.348 e. The molecule has 1 aliphatic heterocycles. The summed E-state index contributed by atoms with van der Waals surface area (Å²) >= 11 is 1.87. The van der Waals surface area contributed by atoms with Crippen LogP contribution < -0.4 is 10.6 Å². The van der Waals surface area contributed by atoms with Gasteiger partial charge in [0.2, 0.25) is 5.91 Å². The lowest BCUT2D eigenvalue weighted by Gasteiger charge is -2.27. The van der Waals surface area contributed by atoms with E-state index in [1.54, 1.807) is 0 Å². The molecule has 2 N–H and O–H groups in total. The van der Waals surface area contributed by atoms with Crippen LogP contribution in [0.4, 0.5) is 0 Å². The van der Waals surface area contributed by atoms with Crippen LogP contribution in [0.25, 0.3) is 0 Å². The number of rotatable bonds is 3. The van der Waals surface area contributed by atoms with Gasteiger partial charge in [0.1, 0.15) is 0 Å². The molecule has 104 valence electrons. The molecule has 0 aromatic heterocycles. The van der Waals surface area contributed by atoms with Gasteiger partial charge in [-0.15, -0.1) is 11.8 Å². The lowest BCUT2D eigenvalue weighted by atomic mass is 10.0. The maximum absolute atomic E-state index is 12.0. The fraction of sp³-hybridized carbons (Fsp3) is 0.533. The first-order chi connectivity index (χ1) is 8.96. The van der Waals surface area contributed by atoms with Gasteiger partial charge in [-0.05, 0) is 38.8 Å². The Morgan fingerprint density at radius 2 is 2.11 bits per heavy atom. The van der Waals surface area contributed by atoms with Crippen LogP contribution in [0.2, 0.25) is 0 Å². The van der Waals surface area contributed by atoms with E-state index < -0.39 is 0 Å². The third kappa shape index (κ3) is 4.25. The van der Waals surface area contributed by atoms with Crippen molar-refractivity contribution in [1.82, 2.24) is 10.6 Å². The number of nitrogens with one attached hydrogen (secondary N) is 2. The minimum absolute atomic E-state index is 0.0301. The Kier molecular flexibility index (Phi) is 4.53. The predicted octanol–water partition coefficient (Wildman–Crippen LogP) is 2.73.